The quantitative estimate of drug-likeness (QED) is 0.680. The fourth-order valence-corrected chi connectivity index (χ4v) is 1.98. The first kappa shape index (κ1) is 16.1. The number of nitrogens with one attached hydrogen (secondary N) is 1. The lowest BCUT2D eigenvalue weighted by atomic mass is 10.1. The Bertz CT molecular complexity index is 776. The maximum Gasteiger partial charge on any atom is 0.266 e. The minimum absolute atomic E-state index is 0.0100. The summed E-state index contributed by atoms with van der Waals surface area (Å²) in [4.78, 5) is 12.3. The minimum atomic E-state index is -0.500. The van der Waals surface area contributed by atoms with Gasteiger partial charge in [0.15, 0.2) is 0 Å². The van der Waals surface area contributed by atoms with Crippen molar-refractivity contribution in [3.8, 4) is 17.6 Å². The molecule has 0 saturated carbocycles. The van der Waals surface area contributed by atoms with Gasteiger partial charge in [0, 0.05) is 0 Å². The molecule has 0 heterocycles. The van der Waals surface area contributed by atoms with Crippen LogP contribution < -0.4 is 14.8 Å². The van der Waals surface area contributed by atoms with Crippen LogP contribution in [0.1, 0.15) is 5.56 Å². The van der Waals surface area contributed by atoms with Crippen molar-refractivity contribution in [3.05, 3.63) is 59.7 Å². The van der Waals surface area contributed by atoms with Crippen LogP contribution in [0.4, 0.5) is 5.69 Å². The van der Waals surface area contributed by atoms with Gasteiger partial charge in [-0.1, -0.05) is 24.3 Å². The number of para-hydroxylation sites is 2. The Morgan fingerprint density at radius 3 is 2.61 bits per heavy atom. The van der Waals surface area contributed by atoms with Gasteiger partial charge in [-0.2, -0.15) is 5.26 Å². The fourth-order valence-electron chi connectivity index (χ4n) is 1.98. The predicted octanol–water partition coefficient (Wildman–Crippen LogP) is 3.25. The molecule has 2 aromatic carbocycles. The first-order valence-electron chi connectivity index (χ1n) is 6.88. The Kier molecular flexibility index (Phi) is 5.37. The summed E-state index contributed by atoms with van der Waals surface area (Å²) in [6.45, 7) is 0. The third-order valence-electron chi connectivity index (χ3n) is 3.13. The number of benzene rings is 2. The summed E-state index contributed by atoms with van der Waals surface area (Å²) in [5.41, 5.74) is 1.20. The second-order valence-electron chi connectivity index (χ2n) is 4.60. The van der Waals surface area contributed by atoms with Crippen molar-refractivity contribution in [2.75, 3.05) is 19.5 Å². The zero-order chi connectivity index (χ0) is 16.7. The molecule has 0 aliphatic carbocycles. The van der Waals surface area contributed by atoms with Crippen LogP contribution in [0, 0.1) is 11.3 Å². The maximum absolute atomic E-state index is 12.3. The van der Waals surface area contributed by atoms with Gasteiger partial charge in [0.2, 0.25) is 0 Å². The second-order valence-corrected chi connectivity index (χ2v) is 4.60. The maximum atomic E-state index is 12.3. The summed E-state index contributed by atoms with van der Waals surface area (Å²) < 4.78 is 10.3. The topological polar surface area (TPSA) is 71.3 Å². The van der Waals surface area contributed by atoms with Crippen molar-refractivity contribution in [1.82, 2.24) is 0 Å². The smallest absolute Gasteiger partial charge is 0.266 e. The molecule has 0 aliphatic rings. The molecule has 0 saturated heterocycles. The van der Waals surface area contributed by atoms with Crippen LogP contribution in [0.25, 0.3) is 6.08 Å². The van der Waals surface area contributed by atoms with Gasteiger partial charge in [0.25, 0.3) is 5.91 Å². The van der Waals surface area contributed by atoms with E-state index in [9.17, 15) is 10.1 Å². The van der Waals surface area contributed by atoms with E-state index in [1.807, 2.05) is 6.07 Å². The molecule has 0 atom stereocenters. The van der Waals surface area contributed by atoms with Gasteiger partial charge in [-0.25, -0.2) is 0 Å². The van der Waals surface area contributed by atoms with E-state index in [-0.39, 0.29) is 5.57 Å². The van der Waals surface area contributed by atoms with Gasteiger partial charge in [0.05, 0.1) is 19.9 Å². The van der Waals surface area contributed by atoms with Gasteiger partial charge in [-0.05, 0) is 35.9 Å². The summed E-state index contributed by atoms with van der Waals surface area (Å²) in [7, 11) is 3.07. The number of carbonyl (C=O) groups is 1. The highest BCUT2D eigenvalue weighted by molar-refractivity contribution is 6.10. The molecule has 5 heteroatoms. The largest absolute Gasteiger partial charge is 0.497 e. The predicted molar refractivity (Wildman–Crippen MR) is 88.2 cm³/mol. The van der Waals surface area contributed by atoms with Crippen molar-refractivity contribution in [2.45, 2.75) is 0 Å². The Morgan fingerprint density at radius 1 is 1.13 bits per heavy atom. The molecule has 0 spiro atoms. The SMILES string of the molecule is COc1cccc(/C=C(\C#N)C(=O)Nc2ccccc2OC)c1. The molecular weight excluding hydrogens is 292 g/mol. The minimum Gasteiger partial charge on any atom is -0.497 e. The van der Waals surface area contributed by atoms with Gasteiger partial charge < -0.3 is 14.8 Å². The monoisotopic (exact) mass is 308 g/mol. The highest BCUT2D eigenvalue weighted by atomic mass is 16.5. The number of hydrogen-bond acceptors (Lipinski definition) is 4. The number of amides is 1. The van der Waals surface area contributed by atoms with Crippen LogP contribution in [0.15, 0.2) is 54.1 Å². The second kappa shape index (κ2) is 7.66. The zero-order valence-corrected chi connectivity index (χ0v) is 12.9. The van der Waals surface area contributed by atoms with Crippen molar-refractivity contribution < 1.29 is 14.3 Å². The average Bonchev–Trinajstić information content (AvgIpc) is 2.60. The van der Waals surface area contributed by atoms with Gasteiger partial charge in [0.1, 0.15) is 23.1 Å². The molecule has 0 radical (unpaired) electrons. The molecule has 0 aromatic heterocycles. The first-order chi connectivity index (χ1) is 11.2. The van der Waals surface area contributed by atoms with Crippen molar-refractivity contribution in [1.29, 1.82) is 5.26 Å². The van der Waals surface area contributed by atoms with Gasteiger partial charge in [-0.3, -0.25) is 4.79 Å². The van der Waals surface area contributed by atoms with E-state index < -0.39 is 5.91 Å². The lowest BCUT2D eigenvalue weighted by Gasteiger charge is -2.09. The van der Waals surface area contributed by atoms with E-state index in [1.165, 1.54) is 13.2 Å². The Balaban J connectivity index is 2.24. The lowest BCUT2D eigenvalue weighted by molar-refractivity contribution is -0.112. The van der Waals surface area contributed by atoms with E-state index in [0.717, 1.165) is 0 Å². The van der Waals surface area contributed by atoms with Crippen molar-refractivity contribution in [2.24, 2.45) is 0 Å². The van der Waals surface area contributed by atoms with Crippen LogP contribution >= 0.6 is 0 Å². The van der Waals surface area contributed by atoms with E-state index in [2.05, 4.69) is 5.32 Å². The van der Waals surface area contributed by atoms with Gasteiger partial charge >= 0.3 is 0 Å². The third kappa shape index (κ3) is 4.11. The molecule has 2 rings (SSSR count). The first-order valence-corrected chi connectivity index (χ1v) is 6.88. The number of carbonyl (C=O) groups excluding carboxylic acids is 1. The molecule has 1 N–H and O–H groups in total. The summed E-state index contributed by atoms with van der Waals surface area (Å²) in [6.07, 6.45) is 1.51. The normalized spacial score (nSPS) is 10.6. The standard InChI is InChI=1S/C18H16N2O3/c1-22-15-7-5-6-13(11-15)10-14(12-19)18(21)20-16-8-3-4-9-17(16)23-2/h3-11H,1-2H3,(H,20,21)/b14-10+. The zero-order valence-electron chi connectivity index (χ0n) is 12.9. The molecule has 116 valence electrons. The van der Waals surface area contributed by atoms with E-state index in [4.69, 9.17) is 9.47 Å². The summed E-state index contributed by atoms with van der Waals surface area (Å²) in [5, 5.41) is 11.9. The molecule has 0 bridgehead atoms. The number of nitriles is 1. The van der Waals surface area contributed by atoms with Crippen LogP contribution in [0.2, 0.25) is 0 Å². The summed E-state index contributed by atoms with van der Waals surface area (Å²) >= 11 is 0. The fraction of sp³-hybridized carbons (Fsp3) is 0.111. The number of rotatable bonds is 5. The highest BCUT2D eigenvalue weighted by Crippen LogP contribution is 2.24. The number of anilines is 1. The summed E-state index contributed by atoms with van der Waals surface area (Å²) in [6, 6.07) is 16.0. The van der Waals surface area contributed by atoms with Crippen molar-refractivity contribution >= 4 is 17.7 Å². The number of hydrogen-bond donors (Lipinski definition) is 1. The molecule has 1 amide bonds. The molecule has 2 aromatic rings. The Hall–Kier alpha value is -3.26. The molecular formula is C18H16N2O3. The van der Waals surface area contributed by atoms with E-state index in [0.29, 0.717) is 22.7 Å². The number of methoxy groups -OCH3 is 2. The van der Waals surface area contributed by atoms with Crippen molar-refractivity contribution in [3.63, 3.8) is 0 Å². The molecule has 0 unspecified atom stereocenters. The lowest BCUT2D eigenvalue weighted by Crippen LogP contribution is -2.14. The highest BCUT2D eigenvalue weighted by Gasteiger charge is 2.12. The molecule has 0 fully saturated rings. The molecule has 23 heavy (non-hydrogen) atoms. The Morgan fingerprint density at radius 2 is 1.91 bits per heavy atom. The average molecular weight is 308 g/mol. The summed E-state index contributed by atoms with van der Waals surface area (Å²) in [5.74, 6) is 0.681. The number of nitrogens with zero attached hydrogens (tertiary/aromatic N) is 1. The van der Waals surface area contributed by atoms with Crippen LogP contribution in [-0.4, -0.2) is 20.1 Å². The van der Waals surface area contributed by atoms with Crippen LogP contribution in [0.3, 0.4) is 0 Å². The molecule has 0 aliphatic heterocycles. The van der Waals surface area contributed by atoms with E-state index in [1.54, 1.807) is 55.6 Å². The van der Waals surface area contributed by atoms with Gasteiger partial charge in [-0.15, -0.1) is 0 Å². The third-order valence-corrected chi connectivity index (χ3v) is 3.13. The van der Waals surface area contributed by atoms with E-state index >= 15 is 0 Å². The Labute approximate surface area is 134 Å². The molecule has 5 nitrogen and oxygen atoms in total. The van der Waals surface area contributed by atoms with Crippen LogP contribution in [-0.2, 0) is 4.79 Å². The van der Waals surface area contributed by atoms with Crippen LogP contribution in [0.5, 0.6) is 11.5 Å². The number of ether oxygens (including phenoxy) is 2.